The number of hydrogen-bond acceptors (Lipinski definition) is 3. The summed E-state index contributed by atoms with van der Waals surface area (Å²) in [5.41, 5.74) is 4.28. The molecule has 29 heavy (non-hydrogen) atoms. The number of nitrogens with zero attached hydrogens (tertiary/aromatic N) is 3. The van der Waals surface area contributed by atoms with Gasteiger partial charge < -0.3 is 9.88 Å². The van der Waals surface area contributed by atoms with Gasteiger partial charge in [0.05, 0.1) is 24.6 Å². The minimum absolute atomic E-state index is 0.0505. The van der Waals surface area contributed by atoms with Crippen molar-refractivity contribution in [2.45, 2.75) is 25.9 Å². The first-order valence-corrected chi connectivity index (χ1v) is 9.96. The van der Waals surface area contributed by atoms with Crippen LogP contribution in [0, 0.1) is 5.82 Å². The molecule has 1 aliphatic heterocycles. The zero-order valence-corrected chi connectivity index (χ0v) is 16.5. The largest absolute Gasteiger partial charge is 0.355 e. The molecule has 4 rings (SSSR count). The average Bonchev–Trinajstić information content (AvgIpc) is 3.09. The Kier molecular flexibility index (Phi) is 5.71. The SMILES string of the molecule is CC(c1ccccc1-c1ccc(F)cc1)n1cncc1CN1CCCNC(=O)C1. The number of hydrogen-bond donors (Lipinski definition) is 1. The first-order chi connectivity index (χ1) is 14.1. The second-order valence-electron chi connectivity index (χ2n) is 7.48. The van der Waals surface area contributed by atoms with Crippen molar-refractivity contribution in [3.05, 3.63) is 78.1 Å². The molecule has 1 saturated heterocycles. The summed E-state index contributed by atoms with van der Waals surface area (Å²) in [4.78, 5) is 18.4. The van der Waals surface area contributed by atoms with Gasteiger partial charge in [-0.3, -0.25) is 9.69 Å². The fraction of sp³-hybridized carbons (Fsp3) is 0.304. The van der Waals surface area contributed by atoms with Gasteiger partial charge in [-0.15, -0.1) is 0 Å². The fourth-order valence-electron chi connectivity index (χ4n) is 3.94. The lowest BCUT2D eigenvalue weighted by molar-refractivity contribution is -0.121. The van der Waals surface area contributed by atoms with E-state index in [0.717, 1.165) is 41.9 Å². The van der Waals surface area contributed by atoms with Crippen LogP contribution in [0.2, 0.25) is 0 Å². The lowest BCUT2D eigenvalue weighted by Gasteiger charge is -2.23. The second kappa shape index (κ2) is 8.57. The van der Waals surface area contributed by atoms with Crippen LogP contribution in [-0.4, -0.2) is 40.0 Å². The molecule has 1 amide bonds. The van der Waals surface area contributed by atoms with Gasteiger partial charge in [-0.25, -0.2) is 9.37 Å². The van der Waals surface area contributed by atoms with Crippen molar-refractivity contribution in [1.82, 2.24) is 19.8 Å². The normalized spacial score (nSPS) is 16.3. The van der Waals surface area contributed by atoms with Gasteiger partial charge in [-0.1, -0.05) is 36.4 Å². The van der Waals surface area contributed by atoms with Gasteiger partial charge >= 0.3 is 0 Å². The van der Waals surface area contributed by atoms with Crippen LogP contribution in [-0.2, 0) is 11.3 Å². The Morgan fingerprint density at radius 3 is 2.79 bits per heavy atom. The predicted octanol–water partition coefficient (Wildman–Crippen LogP) is 3.62. The molecule has 0 spiro atoms. The monoisotopic (exact) mass is 392 g/mol. The Morgan fingerprint density at radius 2 is 1.97 bits per heavy atom. The number of nitrogens with one attached hydrogen (secondary N) is 1. The smallest absolute Gasteiger partial charge is 0.234 e. The van der Waals surface area contributed by atoms with E-state index >= 15 is 0 Å². The van der Waals surface area contributed by atoms with Crippen molar-refractivity contribution in [2.75, 3.05) is 19.6 Å². The number of imidazole rings is 1. The van der Waals surface area contributed by atoms with Gasteiger partial charge in [-0.05, 0) is 42.2 Å². The number of rotatable bonds is 5. The van der Waals surface area contributed by atoms with E-state index in [1.54, 1.807) is 0 Å². The lowest BCUT2D eigenvalue weighted by atomic mass is 9.95. The van der Waals surface area contributed by atoms with Crippen molar-refractivity contribution in [3.63, 3.8) is 0 Å². The number of carbonyl (C=O) groups excluding carboxylic acids is 1. The van der Waals surface area contributed by atoms with Crippen LogP contribution in [0.3, 0.4) is 0 Å². The highest BCUT2D eigenvalue weighted by atomic mass is 19.1. The maximum atomic E-state index is 13.4. The highest BCUT2D eigenvalue weighted by Gasteiger charge is 2.20. The summed E-state index contributed by atoms with van der Waals surface area (Å²) in [5, 5.41) is 2.92. The second-order valence-corrected chi connectivity index (χ2v) is 7.48. The first kappa shape index (κ1) is 19.3. The molecule has 1 aromatic heterocycles. The molecule has 0 saturated carbocycles. The Morgan fingerprint density at radius 1 is 1.17 bits per heavy atom. The molecule has 2 aromatic carbocycles. The molecule has 1 unspecified atom stereocenters. The van der Waals surface area contributed by atoms with E-state index in [1.165, 1.54) is 12.1 Å². The molecule has 1 aliphatic rings. The fourth-order valence-corrected chi connectivity index (χ4v) is 3.94. The molecule has 2 heterocycles. The number of halogens is 1. The highest BCUT2D eigenvalue weighted by molar-refractivity contribution is 5.78. The summed E-state index contributed by atoms with van der Waals surface area (Å²) in [6.45, 7) is 4.84. The van der Waals surface area contributed by atoms with Gasteiger partial charge in [0.25, 0.3) is 0 Å². The van der Waals surface area contributed by atoms with E-state index in [2.05, 4.69) is 38.8 Å². The molecular formula is C23H25FN4O. The summed E-state index contributed by atoms with van der Waals surface area (Å²) in [5.74, 6) is -0.166. The molecule has 0 radical (unpaired) electrons. The van der Waals surface area contributed by atoms with Crippen LogP contribution in [0.5, 0.6) is 0 Å². The Hall–Kier alpha value is -2.99. The first-order valence-electron chi connectivity index (χ1n) is 9.96. The molecule has 0 bridgehead atoms. The quantitative estimate of drug-likeness (QED) is 0.722. The van der Waals surface area contributed by atoms with Gasteiger partial charge in [0, 0.05) is 25.8 Å². The molecule has 6 heteroatoms. The molecule has 1 atom stereocenters. The van der Waals surface area contributed by atoms with Gasteiger partial charge in [0.2, 0.25) is 5.91 Å². The van der Waals surface area contributed by atoms with Gasteiger partial charge in [-0.2, -0.15) is 0 Å². The van der Waals surface area contributed by atoms with Crippen molar-refractivity contribution in [2.24, 2.45) is 0 Å². The molecule has 5 nitrogen and oxygen atoms in total. The Bertz CT molecular complexity index is 983. The summed E-state index contributed by atoms with van der Waals surface area (Å²) in [7, 11) is 0. The van der Waals surface area contributed by atoms with Crippen LogP contribution in [0.25, 0.3) is 11.1 Å². The topological polar surface area (TPSA) is 50.2 Å². The number of amides is 1. The van der Waals surface area contributed by atoms with Crippen LogP contribution < -0.4 is 5.32 Å². The molecular weight excluding hydrogens is 367 g/mol. The summed E-state index contributed by atoms with van der Waals surface area (Å²) >= 11 is 0. The molecule has 1 fully saturated rings. The van der Waals surface area contributed by atoms with E-state index in [1.807, 2.05) is 36.8 Å². The third-order valence-electron chi connectivity index (χ3n) is 5.46. The van der Waals surface area contributed by atoms with Crippen molar-refractivity contribution < 1.29 is 9.18 Å². The molecule has 3 aromatic rings. The zero-order chi connectivity index (χ0) is 20.2. The van der Waals surface area contributed by atoms with Crippen molar-refractivity contribution >= 4 is 5.91 Å². The average molecular weight is 392 g/mol. The highest BCUT2D eigenvalue weighted by Crippen LogP contribution is 2.31. The van der Waals surface area contributed by atoms with Crippen LogP contribution in [0.15, 0.2) is 61.1 Å². The predicted molar refractivity (Wildman–Crippen MR) is 111 cm³/mol. The van der Waals surface area contributed by atoms with E-state index in [-0.39, 0.29) is 17.8 Å². The molecule has 1 N–H and O–H groups in total. The zero-order valence-electron chi connectivity index (χ0n) is 16.5. The molecule has 0 aliphatic carbocycles. The summed E-state index contributed by atoms with van der Waals surface area (Å²) in [6, 6.07) is 14.8. The van der Waals surface area contributed by atoms with Crippen molar-refractivity contribution in [3.8, 4) is 11.1 Å². The van der Waals surface area contributed by atoms with Crippen LogP contribution >= 0.6 is 0 Å². The maximum absolute atomic E-state index is 13.4. The van der Waals surface area contributed by atoms with Crippen LogP contribution in [0.1, 0.15) is 30.6 Å². The summed E-state index contributed by atoms with van der Waals surface area (Å²) < 4.78 is 15.5. The third kappa shape index (κ3) is 4.38. The number of aromatic nitrogens is 2. The minimum atomic E-state index is -0.238. The van der Waals surface area contributed by atoms with Gasteiger partial charge in [0.15, 0.2) is 0 Å². The number of benzene rings is 2. The minimum Gasteiger partial charge on any atom is -0.355 e. The lowest BCUT2D eigenvalue weighted by Crippen LogP contribution is -2.33. The van der Waals surface area contributed by atoms with E-state index in [0.29, 0.717) is 13.1 Å². The van der Waals surface area contributed by atoms with E-state index in [4.69, 9.17) is 0 Å². The van der Waals surface area contributed by atoms with Crippen LogP contribution in [0.4, 0.5) is 4.39 Å². The molecule has 150 valence electrons. The Balaban J connectivity index is 1.61. The third-order valence-corrected chi connectivity index (χ3v) is 5.46. The number of carbonyl (C=O) groups is 1. The standard InChI is InChI=1S/C23H25FN4O/c1-17(21-5-2-3-6-22(21)18-7-9-19(24)10-8-18)28-16-25-13-20(28)14-27-12-4-11-26-23(29)15-27/h2-3,5-10,13,16-17H,4,11-12,14-15H2,1H3,(H,26,29). The van der Waals surface area contributed by atoms with Gasteiger partial charge in [0.1, 0.15) is 5.82 Å². The maximum Gasteiger partial charge on any atom is 0.234 e. The van der Waals surface area contributed by atoms with Crippen molar-refractivity contribution in [1.29, 1.82) is 0 Å². The summed E-state index contributed by atoms with van der Waals surface area (Å²) in [6.07, 6.45) is 4.67. The van der Waals surface area contributed by atoms with E-state index < -0.39 is 0 Å². The Labute approximate surface area is 170 Å². The van der Waals surface area contributed by atoms with E-state index in [9.17, 15) is 9.18 Å².